The van der Waals surface area contributed by atoms with E-state index in [0.29, 0.717) is 0 Å². The second-order valence-corrected chi connectivity index (χ2v) is 5.79. The fraction of sp³-hybridized carbons (Fsp3) is 0.562. The van der Waals surface area contributed by atoms with Crippen molar-refractivity contribution in [1.29, 1.82) is 0 Å². The minimum absolute atomic E-state index is 0.134. The molecule has 2 fully saturated rings. The molecule has 0 saturated heterocycles. The van der Waals surface area contributed by atoms with Gasteiger partial charge in [0.15, 0.2) is 0 Å². The maximum atomic E-state index is 10.9. The minimum atomic E-state index is -0.642. The average molecular weight is 244 g/mol. The summed E-state index contributed by atoms with van der Waals surface area (Å²) in [5.41, 5.74) is 2.66. The maximum Gasteiger partial charge on any atom is 0.307 e. The lowest BCUT2D eigenvalue weighted by molar-refractivity contribution is -0.138. The van der Waals surface area contributed by atoms with Gasteiger partial charge in [0.1, 0.15) is 0 Å². The summed E-state index contributed by atoms with van der Waals surface area (Å²) >= 11 is 0. The van der Waals surface area contributed by atoms with Crippen molar-refractivity contribution in [2.75, 3.05) is 0 Å². The lowest BCUT2D eigenvalue weighted by Crippen LogP contribution is -2.04. The Morgan fingerprint density at radius 1 is 1.00 bits per heavy atom. The van der Waals surface area contributed by atoms with Crippen molar-refractivity contribution in [2.24, 2.45) is 5.92 Å². The van der Waals surface area contributed by atoms with Crippen LogP contribution in [-0.2, 0) is 4.79 Å². The van der Waals surface area contributed by atoms with Crippen molar-refractivity contribution >= 4 is 5.97 Å². The summed E-state index contributed by atoms with van der Waals surface area (Å²) in [4.78, 5) is 10.9. The number of hydrogen-bond acceptors (Lipinski definition) is 1. The molecule has 1 aromatic carbocycles. The molecule has 0 heterocycles. The predicted molar refractivity (Wildman–Crippen MR) is 70.8 cm³/mol. The van der Waals surface area contributed by atoms with E-state index in [9.17, 15) is 4.79 Å². The first-order valence-electron chi connectivity index (χ1n) is 7.08. The van der Waals surface area contributed by atoms with Crippen LogP contribution in [0.15, 0.2) is 24.3 Å². The van der Waals surface area contributed by atoms with Crippen LogP contribution in [0.25, 0.3) is 0 Å². The lowest BCUT2D eigenvalue weighted by Gasteiger charge is -2.22. The van der Waals surface area contributed by atoms with Crippen molar-refractivity contribution in [3.05, 3.63) is 35.4 Å². The highest BCUT2D eigenvalue weighted by Gasteiger charge is 2.44. The number of rotatable bonds is 3. The molecule has 0 spiro atoms. The highest BCUT2D eigenvalue weighted by molar-refractivity contribution is 5.75. The van der Waals surface area contributed by atoms with Crippen molar-refractivity contribution in [3.63, 3.8) is 0 Å². The molecule has 2 aliphatic rings. The smallest absolute Gasteiger partial charge is 0.307 e. The summed E-state index contributed by atoms with van der Waals surface area (Å²) in [6, 6.07) is 8.75. The van der Waals surface area contributed by atoms with Crippen LogP contribution in [0.1, 0.15) is 61.5 Å². The van der Waals surface area contributed by atoms with Crippen LogP contribution in [0, 0.1) is 5.92 Å². The van der Waals surface area contributed by atoms with Gasteiger partial charge in [-0.15, -0.1) is 0 Å². The summed E-state index contributed by atoms with van der Waals surface area (Å²) in [5.74, 6) is 0.229. The Morgan fingerprint density at radius 3 is 2.17 bits per heavy atom. The normalized spacial score (nSPS) is 28.0. The highest BCUT2D eigenvalue weighted by atomic mass is 16.4. The van der Waals surface area contributed by atoms with Crippen LogP contribution in [0.4, 0.5) is 0 Å². The summed E-state index contributed by atoms with van der Waals surface area (Å²) in [6.45, 7) is 0. The monoisotopic (exact) mass is 244 g/mol. The molecule has 18 heavy (non-hydrogen) atoms. The van der Waals surface area contributed by atoms with Gasteiger partial charge in [-0.25, -0.2) is 0 Å². The molecule has 96 valence electrons. The molecule has 0 aliphatic heterocycles. The third kappa shape index (κ3) is 2.29. The first-order valence-corrected chi connectivity index (χ1v) is 7.08. The molecule has 0 aromatic heterocycles. The predicted octanol–water partition coefficient (Wildman–Crippen LogP) is 3.92. The summed E-state index contributed by atoms with van der Waals surface area (Å²) < 4.78 is 0. The number of benzene rings is 1. The molecule has 1 aromatic rings. The first-order chi connectivity index (χ1) is 8.75. The zero-order valence-electron chi connectivity index (χ0n) is 10.6. The summed E-state index contributed by atoms with van der Waals surface area (Å²) in [5, 5.41) is 8.94. The van der Waals surface area contributed by atoms with Gasteiger partial charge in [-0.1, -0.05) is 43.5 Å². The Kier molecular flexibility index (Phi) is 3.11. The number of hydrogen-bond donors (Lipinski definition) is 1. The maximum absolute atomic E-state index is 10.9. The zero-order chi connectivity index (χ0) is 12.5. The van der Waals surface area contributed by atoms with Crippen LogP contribution >= 0.6 is 0 Å². The van der Waals surface area contributed by atoms with Gasteiger partial charge >= 0.3 is 5.97 Å². The van der Waals surface area contributed by atoms with Crippen LogP contribution in [0.2, 0.25) is 0 Å². The molecule has 0 radical (unpaired) electrons. The minimum Gasteiger partial charge on any atom is -0.481 e. The molecule has 1 N–H and O–H groups in total. The second-order valence-electron chi connectivity index (χ2n) is 5.79. The van der Waals surface area contributed by atoms with Crippen LogP contribution < -0.4 is 0 Å². The van der Waals surface area contributed by atoms with E-state index >= 15 is 0 Å². The van der Waals surface area contributed by atoms with E-state index in [2.05, 4.69) is 24.3 Å². The Morgan fingerprint density at radius 2 is 1.61 bits per heavy atom. The Hall–Kier alpha value is -1.31. The molecular weight excluding hydrogens is 224 g/mol. The van der Waals surface area contributed by atoms with Gasteiger partial charge < -0.3 is 5.11 Å². The fourth-order valence-electron chi connectivity index (χ4n) is 3.29. The fourth-order valence-corrected chi connectivity index (χ4v) is 3.29. The van der Waals surface area contributed by atoms with Crippen LogP contribution in [0.5, 0.6) is 0 Å². The van der Waals surface area contributed by atoms with Crippen LogP contribution in [0.3, 0.4) is 0 Å². The van der Waals surface area contributed by atoms with Crippen molar-refractivity contribution in [2.45, 2.75) is 50.4 Å². The third-order valence-electron chi connectivity index (χ3n) is 4.55. The third-order valence-corrected chi connectivity index (χ3v) is 4.55. The quantitative estimate of drug-likeness (QED) is 0.875. The Bertz CT molecular complexity index is 429. The lowest BCUT2D eigenvalue weighted by atomic mass is 9.84. The Labute approximate surface area is 108 Å². The second kappa shape index (κ2) is 4.75. The van der Waals surface area contributed by atoms with Gasteiger partial charge in [0.25, 0.3) is 0 Å². The summed E-state index contributed by atoms with van der Waals surface area (Å²) in [7, 11) is 0. The molecule has 2 unspecified atom stereocenters. The molecule has 2 atom stereocenters. The number of carboxylic acids is 1. The van der Waals surface area contributed by atoms with Crippen LogP contribution in [-0.4, -0.2) is 11.1 Å². The molecule has 2 heteroatoms. The molecule has 3 rings (SSSR count). The van der Waals surface area contributed by atoms with Crippen molar-refractivity contribution in [1.82, 2.24) is 0 Å². The van der Waals surface area contributed by atoms with E-state index in [4.69, 9.17) is 5.11 Å². The van der Waals surface area contributed by atoms with Gasteiger partial charge in [-0.3, -0.25) is 4.79 Å². The van der Waals surface area contributed by atoms with Crippen molar-refractivity contribution < 1.29 is 9.90 Å². The van der Waals surface area contributed by atoms with E-state index in [-0.39, 0.29) is 11.8 Å². The number of aliphatic carboxylic acids is 1. The molecule has 2 aliphatic carbocycles. The van der Waals surface area contributed by atoms with E-state index in [1.54, 1.807) is 0 Å². The Balaban J connectivity index is 1.68. The zero-order valence-corrected chi connectivity index (χ0v) is 10.6. The molecule has 2 saturated carbocycles. The highest BCUT2D eigenvalue weighted by Crippen LogP contribution is 2.47. The van der Waals surface area contributed by atoms with Crippen molar-refractivity contribution in [3.8, 4) is 0 Å². The van der Waals surface area contributed by atoms with Gasteiger partial charge in [0, 0.05) is 0 Å². The molecule has 0 amide bonds. The van der Waals surface area contributed by atoms with Gasteiger partial charge in [-0.05, 0) is 42.2 Å². The first kappa shape index (κ1) is 11.8. The largest absolute Gasteiger partial charge is 0.481 e. The van der Waals surface area contributed by atoms with E-state index in [0.717, 1.165) is 12.3 Å². The van der Waals surface area contributed by atoms with Gasteiger partial charge in [-0.2, -0.15) is 0 Å². The summed E-state index contributed by atoms with van der Waals surface area (Å²) in [6.07, 6.45) is 7.56. The molecule has 2 nitrogen and oxygen atoms in total. The topological polar surface area (TPSA) is 37.3 Å². The van der Waals surface area contributed by atoms with E-state index in [1.807, 2.05) is 0 Å². The van der Waals surface area contributed by atoms with Gasteiger partial charge in [0.2, 0.25) is 0 Å². The standard InChI is InChI=1S/C16H20O2/c17-16(18)15-10-14(15)13-8-6-12(7-9-13)11-4-2-1-3-5-11/h6-9,11,14-15H,1-5,10H2,(H,17,18). The van der Waals surface area contributed by atoms with E-state index in [1.165, 1.54) is 43.2 Å². The number of carboxylic acid groups (broad SMARTS) is 1. The molecule has 0 bridgehead atoms. The SMILES string of the molecule is O=C(O)C1CC1c1ccc(C2CCCCC2)cc1. The van der Waals surface area contributed by atoms with E-state index < -0.39 is 5.97 Å². The number of carbonyl (C=O) groups is 1. The molecular formula is C16H20O2. The average Bonchev–Trinajstić information content (AvgIpc) is 3.20. The van der Waals surface area contributed by atoms with Gasteiger partial charge in [0.05, 0.1) is 5.92 Å².